The minimum absolute atomic E-state index is 0.691. The summed E-state index contributed by atoms with van der Waals surface area (Å²) in [6.45, 7) is 62.4. The number of rotatable bonds is 55. The van der Waals surface area contributed by atoms with E-state index in [9.17, 15) is 0 Å². The summed E-state index contributed by atoms with van der Waals surface area (Å²) in [5, 5.41) is 0. The topological polar surface area (TPSA) is 0 Å². The lowest BCUT2D eigenvalue weighted by atomic mass is 10.0. The van der Waals surface area contributed by atoms with E-state index in [0.29, 0.717) is 11.8 Å². The van der Waals surface area contributed by atoms with Crippen LogP contribution in [0.5, 0.6) is 0 Å². The normalized spacial score (nSPS) is 14.5. The molecule has 2 atom stereocenters. The van der Waals surface area contributed by atoms with Crippen LogP contribution in [0, 0.1) is 0 Å². The first-order valence-electron chi connectivity index (χ1n) is 40.5. The first-order valence-corrected chi connectivity index (χ1v) is 74.1. The van der Waals surface area contributed by atoms with E-state index in [1.165, 1.54) is 128 Å². The Morgan fingerprint density at radius 1 is 0.193 bits per heavy atom. The van der Waals surface area contributed by atoms with Gasteiger partial charge in [0.25, 0.3) is 0 Å². The highest BCUT2D eigenvalue weighted by Gasteiger charge is 2.83. The molecule has 0 saturated carbocycles. The molecule has 0 aliphatic heterocycles. The summed E-state index contributed by atoms with van der Waals surface area (Å²) < 4.78 is 0. The van der Waals surface area contributed by atoms with Crippen LogP contribution in [0.15, 0.2) is 60.7 Å². The Morgan fingerprint density at radius 3 is 0.477 bits per heavy atom. The fourth-order valence-electron chi connectivity index (χ4n) is 26.2. The molecule has 0 N–H and O–H groups in total. The molecular weight excluding hydrogens is 1220 g/mol. The summed E-state index contributed by atoms with van der Waals surface area (Å²) >= 11 is 0. The maximum Gasteiger partial charge on any atom is 0.0456 e. The summed E-state index contributed by atoms with van der Waals surface area (Å²) in [6.07, 6.45) is 30.2. The van der Waals surface area contributed by atoms with Gasteiger partial charge in [0.1, 0.15) is 0 Å². The lowest BCUT2D eigenvalue weighted by Gasteiger charge is -2.77. The molecule has 10 heteroatoms. The van der Waals surface area contributed by atoms with Crippen LogP contribution in [0.1, 0.15) is 304 Å². The van der Waals surface area contributed by atoms with Crippen molar-refractivity contribution in [2.45, 2.75) is 426 Å². The van der Waals surface area contributed by atoms with E-state index in [0.717, 1.165) is 0 Å². The van der Waals surface area contributed by atoms with E-state index in [4.69, 9.17) is 0 Å². The first kappa shape index (κ1) is 84.7. The Morgan fingerprint density at radius 2 is 0.330 bits per heavy atom. The van der Waals surface area contributed by atoms with Gasteiger partial charge in [0, 0.05) is 72.1 Å². The van der Waals surface area contributed by atoms with Gasteiger partial charge in [0.05, 0.1) is 0 Å². The molecule has 0 aliphatic carbocycles. The predicted octanol–water partition coefficient (Wildman–Crippen LogP) is 29.0. The summed E-state index contributed by atoms with van der Waals surface area (Å²) in [4.78, 5) is 0. The van der Waals surface area contributed by atoms with Crippen molar-refractivity contribution in [3.8, 4) is 0 Å². The Balaban J connectivity index is 4.26. The summed E-state index contributed by atoms with van der Waals surface area (Å²) in [7, 11) is -20.9. The van der Waals surface area contributed by atoms with Gasteiger partial charge < -0.3 is 0 Å². The lowest BCUT2D eigenvalue weighted by Crippen LogP contribution is -3.01. The molecule has 0 aliphatic rings. The highest BCUT2D eigenvalue weighted by molar-refractivity contribution is 8.08. The second kappa shape index (κ2) is 42.3. The van der Waals surface area contributed by atoms with Crippen molar-refractivity contribution in [2.75, 3.05) is 0 Å². The maximum atomic E-state index is 2.90. The van der Waals surface area contributed by atoms with Crippen molar-refractivity contribution >= 4 is 72.1 Å². The molecule has 0 bridgehead atoms. The molecule has 0 fully saturated rings. The Labute approximate surface area is 564 Å². The second-order valence-electron chi connectivity index (χ2n) is 31.2. The molecule has 0 amide bonds. The zero-order valence-corrected chi connectivity index (χ0v) is 74.6. The van der Waals surface area contributed by atoms with Crippen LogP contribution in [0.2, 0.25) is 133 Å². The molecule has 0 unspecified atom stereocenters. The molecule has 2 rings (SSSR count). The average Bonchev–Trinajstić information content (AvgIpc) is 3.50. The minimum atomic E-state index is -2.20. The standard InChI is InChI=1S/C78H162Si10/c1-23-53-79(54-24-2,73-75(21)77-49-45-43-46-50-77)81(57-27-5,58-28-6)83(61-31-9,62-32-10)85(65-35-13,66-36-14)87(69-39-17,70-40-18)88(71-41-19,72-42-20)86(67-37-15,68-38-16)84(63-33-11,64-34-12)82(59-29-7,60-30-8)80(55-25-3,56-26-4)74-76(22)78-51-47-44-48-52-78/h43-52,75-76H,23-42,53-74H2,1-22H3/t75-,76-/m0/s1. The van der Waals surface area contributed by atoms with E-state index >= 15 is 0 Å². The van der Waals surface area contributed by atoms with E-state index in [-0.39, 0.29) is 0 Å². The van der Waals surface area contributed by atoms with Crippen molar-refractivity contribution in [3.05, 3.63) is 71.8 Å². The van der Waals surface area contributed by atoms with E-state index in [1.807, 2.05) is 48.4 Å². The van der Waals surface area contributed by atoms with Crippen molar-refractivity contribution in [1.82, 2.24) is 0 Å². The summed E-state index contributed by atoms with van der Waals surface area (Å²) in [5.41, 5.74) is 3.39. The van der Waals surface area contributed by atoms with Gasteiger partial charge in [0.2, 0.25) is 0 Å². The lowest BCUT2D eigenvalue weighted by molar-refractivity contribution is 0.822. The van der Waals surface area contributed by atoms with E-state index in [1.54, 1.807) is 95.7 Å². The monoisotopic (exact) mass is 1380 g/mol. The van der Waals surface area contributed by atoms with Gasteiger partial charge in [-0.15, -0.1) is 0 Å². The van der Waals surface area contributed by atoms with Crippen LogP contribution in [0.4, 0.5) is 0 Å². The predicted molar refractivity (Wildman–Crippen MR) is 439 cm³/mol. The Hall–Kier alpha value is 0.609. The molecular formula is C78H162Si10. The third kappa shape index (κ3) is 16.6. The van der Waals surface area contributed by atoms with Crippen molar-refractivity contribution in [1.29, 1.82) is 0 Å². The minimum Gasteiger partial charge on any atom is -0.0657 e. The zero-order chi connectivity index (χ0) is 66.1. The van der Waals surface area contributed by atoms with Crippen LogP contribution in [0.25, 0.3) is 0 Å². The molecule has 0 nitrogen and oxygen atoms in total. The van der Waals surface area contributed by atoms with Gasteiger partial charge in [-0.3, -0.25) is 0 Å². The van der Waals surface area contributed by atoms with Crippen LogP contribution >= 0.6 is 0 Å². The second-order valence-corrected chi connectivity index (χ2v) is 129. The first-order chi connectivity index (χ1) is 42.4. The number of hydrogen-bond donors (Lipinski definition) is 0. The highest BCUT2D eigenvalue weighted by Crippen LogP contribution is 2.66. The highest BCUT2D eigenvalue weighted by atomic mass is 30.1. The molecule has 0 saturated heterocycles. The third-order valence-electron chi connectivity index (χ3n) is 26.3. The van der Waals surface area contributed by atoms with E-state index < -0.39 is 72.1 Å². The zero-order valence-electron chi connectivity index (χ0n) is 64.6. The van der Waals surface area contributed by atoms with Gasteiger partial charge in [-0.2, -0.15) is 0 Å². The molecule has 0 heterocycles. The van der Waals surface area contributed by atoms with Gasteiger partial charge in [-0.1, -0.05) is 474 Å². The molecule has 514 valence electrons. The quantitative estimate of drug-likeness (QED) is 0.0579. The molecule has 2 aromatic rings. The van der Waals surface area contributed by atoms with Gasteiger partial charge in [-0.05, 0) is 23.0 Å². The molecule has 0 spiro atoms. The van der Waals surface area contributed by atoms with Crippen LogP contribution in [0.3, 0.4) is 0 Å². The van der Waals surface area contributed by atoms with Gasteiger partial charge in [-0.25, -0.2) is 0 Å². The molecule has 2 aromatic carbocycles. The fraction of sp³-hybridized carbons (Fsp3) is 0.846. The van der Waals surface area contributed by atoms with Crippen molar-refractivity contribution in [2.24, 2.45) is 0 Å². The average molecular weight is 1380 g/mol. The van der Waals surface area contributed by atoms with Crippen LogP contribution in [-0.4, -0.2) is 72.1 Å². The van der Waals surface area contributed by atoms with Crippen LogP contribution in [-0.2, 0) is 0 Å². The molecule has 0 aromatic heterocycles. The summed E-state index contributed by atoms with van der Waals surface area (Å²) in [6, 6.07) is 63.4. The number of benzene rings is 2. The van der Waals surface area contributed by atoms with Crippen molar-refractivity contribution < 1.29 is 0 Å². The molecule has 88 heavy (non-hydrogen) atoms. The fourth-order valence-corrected chi connectivity index (χ4v) is 399. The summed E-state index contributed by atoms with van der Waals surface area (Å²) in [5.74, 6) is 1.38. The maximum absolute atomic E-state index is 2.90. The molecule has 0 radical (unpaired) electrons. The Kier molecular flexibility index (Phi) is 40.7. The Bertz CT molecular complexity index is 1850. The van der Waals surface area contributed by atoms with Crippen molar-refractivity contribution in [3.63, 3.8) is 0 Å². The van der Waals surface area contributed by atoms with Gasteiger partial charge in [0.15, 0.2) is 0 Å². The number of hydrogen-bond acceptors (Lipinski definition) is 0. The smallest absolute Gasteiger partial charge is 0.0456 e. The SMILES string of the molecule is CCC[Si](CCC)(C[C@H](C)c1ccccc1)[Si](CCC)(CCC)[Si](CCC)(CCC)[Si](CCC)(CCC)[Si](CCC)(CCC)[Si](CCC)(CCC)[Si](CCC)(CCC)[Si](CCC)(CCC)[Si](CCC)(CCC)[Si](CCC)(CCC)C[C@H](C)c1ccccc1. The van der Waals surface area contributed by atoms with Gasteiger partial charge >= 0.3 is 0 Å². The van der Waals surface area contributed by atoms with E-state index in [2.05, 4.69) is 213 Å². The largest absolute Gasteiger partial charge is 0.0657 e. The van der Waals surface area contributed by atoms with Crippen LogP contribution < -0.4 is 0 Å². The third-order valence-corrected chi connectivity index (χ3v) is 238.